The zero-order valence-electron chi connectivity index (χ0n) is 10.8. The predicted octanol–water partition coefficient (Wildman–Crippen LogP) is 2.78. The molecule has 4 heteroatoms. The van der Waals surface area contributed by atoms with Gasteiger partial charge in [0.2, 0.25) is 0 Å². The van der Waals surface area contributed by atoms with E-state index < -0.39 is 0 Å². The highest BCUT2D eigenvalue weighted by atomic mass is 15.2. The first-order chi connectivity index (χ1) is 8.74. The number of nitrogen functional groups attached to an aromatic ring is 1. The second-order valence-corrected chi connectivity index (χ2v) is 4.21. The Labute approximate surface area is 107 Å². The number of benzene rings is 1. The number of hydrogen-bond donors (Lipinski definition) is 1. The van der Waals surface area contributed by atoms with E-state index in [-0.39, 0.29) is 0 Å². The number of para-hydroxylation sites is 1. The van der Waals surface area contributed by atoms with Gasteiger partial charge in [-0.05, 0) is 18.6 Å². The van der Waals surface area contributed by atoms with Crippen molar-refractivity contribution in [2.75, 3.05) is 17.7 Å². The highest BCUT2D eigenvalue weighted by molar-refractivity contribution is 5.65. The Balaban J connectivity index is 2.41. The van der Waals surface area contributed by atoms with E-state index in [9.17, 15) is 0 Å². The van der Waals surface area contributed by atoms with Crippen LogP contribution in [0.25, 0.3) is 0 Å². The summed E-state index contributed by atoms with van der Waals surface area (Å²) in [7, 11) is 2.00. The molecule has 18 heavy (non-hydrogen) atoms. The Kier molecular flexibility index (Phi) is 3.77. The fraction of sp³-hybridized carbons (Fsp3) is 0.286. The van der Waals surface area contributed by atoms with Crippen LogP contribution in [-0.4, -0.2) is 17.0 Å². The van der Waals surface area contributed by atoms with Gasteiger partial charge in [0.05, 0.1) is 0 Å². The molecule has 0 aliphatic rings. The first-order valence-corrected chi connectivity index (χ1v) is 6.12. The average molecular weight is 242 g/mol. The van der Waals surface area contributed by atoms with Gasteiger partial charge in [-0.1, -0.05) is 31.5 Å². The standard InChI is InChI=1S/C14H18N4/c1-3-7-12-13(15)16-10-17-14(12)18(2)11-8-5-4-6-9-11/h4-6,8-10H,3,7H2,1-2H3,(H2,15,16,17). The molecule has 0 saturated heterocycles. The van der Waals surface area contributed by atoms with E-state index in [1.54, 1.807) is 0 Å². The van der Waals surface area contributed by atoms with Crippen LogP contribution in [0.3, 0.4) is 0 Å². The van der Waals surface area contributed by atoms with Crippen molar-refractivity contribution in [3.05, 3.63) is 42.2 Å². The third-order valence-electron chi connectivity index (χ3n) is 2.92. The molecule has 2 aromatic rings. The first kappa shape index (κ1) is 12.4. The van der Waals surface area contributed by atoms with Gasteiger partial charge in [-0.2, -0.15) is 0 Å². The number of nitrogens with two attached hydrogens (primary N) is 1. The third-order valence-corrected chi connectivity index (χ3v) is 2.92. The molecule has 0 unspecified atom stereocenters. The third kappa shape index (κ3) is 2.42. The molecule has 1 aromatic heterocycles. The molecule has 1 aromatic carbocycles. The molecule has 1 heterocycles. The summed E-state index contributed by atoms with van der Waals surface area (Å²) in [5.74, 6) is 1.46. The minimum atomic E-state index is 0.574. The fourth-order valence-corrected chi connectivity index (χ4v) is 1.97. The van der Waals surface area contributed by atoms with Crippen LogP contribution in [0.15, 0.2) is 36.7 Å². The van der Waals surface area contributed by atoms with Gasteiger partial charge in [-0.25, -0.2) is 9.97 Å². The summed E-state index contributed by atoms with van der Waals surface area (Å²) in [5.41, 5.74) is 8.06. The van der Waals surface area contributed by atoms with E-state index in [0.717, 1.165) is 29.9 Å². The molecule has 0 bridgehead atoms. The van der Waals surface area contributed by atoms with Crippen molar-refractivity contribution in [2.45, 2.75) is 19.8 Å². The number of hydrogen-bond acceptors (Lipinski definition) is 4. The van der Waals surface area contributed by atoms with Crippen molar-refractivity contribution in [1.29, 1.82) is 0 Å². The number of aromatic nitrogens is 2. The van der Waals surface area contributed by atoms with Crippen LogP contribution >= 0.6 is 0 Å². The molecule has 0 amide bonds. The minimum Gasteiger partial charge on any atom is -0.383 e. The van der Waals surface area contributed by atoms with Gasteiger partial charge in [0.25, 0.3) is 0 Å². The molecule has 0 radical (unpaired) electrons. The SMILES string of the molecule is CCCc1c(N)ncnc1N(C)c1ccccc1. The Bertz CT molecular complexity index is 510. The molecular formula is C14H18N4. The lowest BCUT2D eigenvalue weighted by molar-refractivity contribution is 0.896. The number of anilines is 3. The van der Waals surface area contributed by atoms with E-state index >= 15 is 0 Å². The van der Waals surface area contributed by atoms with Gasteiger partial charge in [0.15, 0.2) is 0 Å². The van der Waals surface area contributed by atoms with Crippen LogP contribution < -0.4 is 10.6 Å². The fourth-order valence-electron chi connectivity index (χ4n) is 1.97. The van der Waals surface area contributed by atoms with E-state index in [0.29, 0.717) is 5.82 Å². The lowest BCUT2D eigenvalue weighted by Gasteiger charge is -2.21. The second kappa shape index (κ2) is 5.49. The molecule has 0 saturated carbocycles. The second-order valence-electron chi connectivity index (χ2n) is 4.21. The topological polar surface area (TPSA) is 55.0 Å². The summed E-state index contributed by atoms with van der Waals surface area (Å²) >= 11 is 0. The average Bonchev–Trinajstić information content (AvgIpc) is 2.41. The van der Waals surface area contributed by atoms with Gasteiger partial charge in [0, 0.05) is 18.3 Å². The van der Waals surface area contributed by atoms with Crippen molar-refractivity contribution in [3.63, 3.8) is 0 Å². The Morgan fingerprint density at radius 2 is 1.89 bits per heavy atom. The highest BCUT2D eigenvalue weighted by Gasteiger charge is 2.13. The smallest absolute Gasteiger partial charge is 0.141 e. The van der Waals surface area contributed by atoms with Gasteiger partial charge in [-0.15, -0.1) is 0 Å². The summed E-state index contributed by atoms with van der Waals surface area (Å²) in [6.07, 6.45) is 3.43. The maximum atomic E-state index is 5.95. The Morgan fingerprint density at radius 1 is 1.17 bits per heavy atom. The highest BCUT2D eigenvalue weighted by Crippen LogP contribution is 2.27. The molecule has 94 valence electrons. The maximum Gasteiger partial charge on any atom is 0.141 e. The molecule has 0 fully saturated rings. The first-order valence-electron chi connectivity index (χ1n) is 6.12. The van der Waals surface area contributed by atoms with Gasteiger partial charge < -0.3 is 10.6 Å². The lowest BCUT2D eigenvalue weighted by atomic mass is 10.1. The monoisotopic (exact) mass is 242 g/mol. The van der Waals surface area contributed by atoms with Crippen molar-refractivity contribution in [1.82, 2.24) is 9.97 Å². The van der Waals surface area contributed by atoms with Crippen molar-refractivity contribution >= 4 is 17.3 Å². The van der Waals surface area contributed by atoms with E-state index in [2.05, 4.69) is 16.9 Å². The zero-order valence-corrected chi connectivity index (χ0v) is 10.8. The number of rotatable bonds is 4. The molecule has 0 aliphatic heterocycles. The molecule has 0 spiro atoms. The van der Waals surface area contributed by atoms with Crippen LogP contribution in [0.4, 0.5) is 17.3 Å². The quantitative estimate of drug-likeness (QED) is 0.895. The number of nitrogens with zero attached hydrogens (tertiary/aromatic N) is 3. The summed E-state index contributed by atoms with van der Waals surface area (Å²) in [4.78, 5) is 10.5. The normalized spacial score (nSPS) is 10.3. The molecular weight excluding hydrogens is 224 g/mol. The zero-order chi connectivity index (χ0) is 13.0. The van der Waals surface area contributed by atoms with Crippen molar-refractivity contribution < 1.29 is 0 Å². The van der Waals surface area contributed by atoms with Gasteiger partial charge in [0.1, 0.15) is 18.0 Å². The molecule has 2 rings (SSSR count). The van der Waals surface area contributed by atoms with E-state index in [1.165, 1.54) is 6.33 Å². The van der Waals surface area contributed by atoms with Crippen molar-refractivity contribution in [3.8, 4) is 0 Å². The predicted molar refractivity (Wildman–Crippen MR) is 74.9 cm³/mol. The molecule has 2 N–H and O–H groups in total. The molecule has 0 atom stereocenters. The Hall–Kier alpha value is -2.10. The largest absolute Gasteiger partial charge is 0.383 e. The van der Waals surface area contributed by atoms with Crippen molar-refractivity contribution in [2.24, 2.45) is 0 Å². The summed E-state index contributed by atoms with van der Waals surface area (Å²) < 4.78 is 0. The van der Waals surface area contributed by atoms with Crippen LogP contribution in [0.1, 0.15) is 18.9 Å². The van der Waals surface area contributed by atoms with Crippen LogP contribution in [0.2, 0.25) is 0 Å². The summed E-state index contributed by atoms with van der Waals surface area (Å²) in [6.45, 7) is 2.12. The Morgan fingerprint density at radius 3 is 2.56 bits per heavy atom. The molecule has 0 aliphatic carbocycles. The van der Waals surface area contributed by atoms with Gasteiger partial charge in [-0.3, -0.25) is 0 Å². The summed E-state index contributed by atoms with van der Waals surface area (Å²) in [5, 5.41) is 0. The van der Waals surface area contributed by atoms with E-state index in [1.807, 2.05) is 42.3 Å². The minimum absolute atomic E-state index is 0.574. The van der Waals surface area contributed by atoms with E-state index in [4.69, 9.17) is 5.73 Å². The molecule has 4 nitrogen and oxygen atoms in total. The lowest BCUT2D eigenvalue weighted by Crippen LogP contribution is -2.15. The summed E-state index contributed by atoms with van der Waals surface area (Å²) in [6, 6.07) is 10.1. The van der Waals surface area contributed by atoms with Gasteiger partial charge >= 0.3 is 0 Å². The maximum absolute atomic E-state index is 5.95. The van der Waals surface area contributed by atoms with Crippen LogP contribution in [0.5, 0.6) is 0 Å². The van der Waals surface area contributed by atoms with Crippen LogP contribution in [-0.2, 0) is 6.42 Å². The van der Waals surface area contributed by atoms with Crippen LogP contribution in [0, 0.1) is 0 Å².